The zero-order valence-electron chi connectivity index (χ0n) is 14.9. The van der Waals surface area contributed by atoms with Crippen LogP contribution in [0.2, 0.25) is 0 Å². The predicted molar refractivity (Wildman–Crippen MR) is 100 cm³/mol. The number of nitrogens with one attached hydrogen (secondary N) is 2. The van der Waals surface area contributed by atoms with Crippen LogP contribution in [0.3, 0.4) is 0 Å². The lowest BCUT2D eigenvalue weighted by Crippen LogP contribution is -2.38. The minimum absolute atomic E-state index is 0.123. The van der Waals surface area contributed by atoms with Crippen LogP contribution in [-0.4, -0.2) is 39.3 Å². The fourth-order valence-corrected chi connectivity index (χ4v) is 6.32. The Kier molecular flexibility index (Phi) is 4.74. The van der Waals surface area contributed by atoms with E-state index in [0.717, 1.165) is 6.42 Å². The van der Waals surface area contributed by atoms with E-state index in [2.05, 4.69) is 14.9 Å². The molecule has 0 atom stereocenters. The maximum Gasteiger partial charge on any atom is 0.265 e. The second-order valence-electron chi connectivity index (χ2n) is 6.47. The molecule has 1 aliphatic heterocycles. The minimum atomic E-state index is -3.78. The van der Waals surface area contributed by atoms with Gasteiger partial charge >= 0.3 is 0 Å². The van der Waals surface area contributed by atoms with Crippen LogP contribution in [0.1, 0.15) is 29.8 Å². The van der Waals surface area contributed by atoms with E-state index in [9.17, 15) is 16.8 Å². The molecule has 0 amide bonds. The van der Waals surface area contributed by atoms with Crippen molar-refractivity contribution in [3.05, 3.63) is 35.2 Å². The van der Waals surface area contributed by atoms with Crippen LogP contribution >= 0.6 is 0 Å². The van der Waals surface area contributed by atoms with Crippen LogP contribution < -0.4 is 9.03 Å². The van der Waals surface area contributed by atoms with Crippen LogP contribution in [0.4, 0.5) is 11.4 Å². The van der Waals surface area contributed by atoms with Crippen LogP contribution in [0.25, 0.3) is 0 Å². The number of aromatic amines is 1. The van der Waals surface area contributed by atoms with Gasteiger partial charge in [-0.1, -0.05) is 0 Å². The van der Waals surface area contributed by atoms with Crippen LogP contribution in [0.15, 0.2) is 23.1 Å². The van der Waals surface area contributed by atoms with E-state index < -0.39 is 20.0 Å². The van der Waals surface area contributed by atoms with Gasteiger partial charge in [0.1, 0.15) is 4.90 Å². The van der Waals surface area contributed by atoms with Crippen LogP contribution in [0.5, 0.6) is 0 Å². The van der Waals surface area contributed by atoms with Crippen LogP contribution in [-0.2, 0) is 20.0 Å². The van der Waals surface area contributed by atoms with Crippen molar-refractivity contribution in [3.8, 4) is 0 Å². The number of hydrogen-bond acceptors (Lipinski definition) is 5. The van der Waals surface area contributed by atoms with E-state index >= 15 is 0 Å². The molecule has 0 aliphatic carbocycles. The number of aryl methyl sites for hydroxylation is 3. The molecular weight excluding hydrogens is 376 g/mol. The Balaban J connectivity index is 1.91. The SMILES string of the molecule is Cc1cc(NS(=O)(=O)c2c(C)n[nH]c2C)ccc1N1CCCCS1(=O)=O. The van der Waals surface area contributed by atoms with Gasteiger partial charge in [0.2, 0.25) is 10.0 Å². The van der Waals surface area contributed by atoms with Gasteiger partial charge in [-0.25, -0.2) is 16.8 Å². The number of aromatic nitrogens is 2. The van der Waals surface area contributed by atoms with Crippen molar-refractivity contribution in [3.63, 3.8) is 0 Å². The van der Waals surface area contributed by atoms with Gasteiger partial charge in [-0.05, 0) is 57.4 Å². The Labute approximate surface area is 153 Å². The van der Waals surface area contributed by atoms with E-state index in [1.54, 1.807) is 39.0 Å². The average Bonchev–Trinajstić information content (AvgIpc) is 2.87. The highest BCUT2D eigenvalue weighted by Crippen LogP contribution is 2.30. The number of hydrogen-bond donors (Lipinski definition) is 2. The van der Waals surface area contributed by atoms with Gasteiger partial charge in [-0.15, -0.1) is 0 Å². The Morgan fingerprint density at radius 2 is 1.92 bits per heavy atom. The first-order chi connectivity index (χ1) is 12.1. The van der Waals surface area contributed by atoms with Crippen molar-refractivity contribution in [1.82, 2.24) is 10.2 Å². The Hall–Kier alpha value is -2.07. The number of rotatable bonds is 4. The Bertz CT molecular complexity index is 1020. The number of sulfonamides is 2. The summed E-state index contributed by atoms with van der Waals surface area (Å²) in [6.07, 6.45) is 1.48. The maximum atomic E-state index is 12.6. The molecule has 26 heavy (non-hydrogen) atoms. The molecule has 1 aromatic heterocycles. The number of H-pyrrole nitrogens is 1. The van der Waals surface area contributed by atoms with E-state index in [4.69, 9.17) is 0 Å². The normalized spacial score (nSPS) is 17.3. The van der Waals surface area contributed by atoms with Gasteiger partial charge in [0.05, 0.1) is 22.8 Å². The van der Waals surface area contributed by atoms with Crippen molar-refractivity contribution < 1.29 is 16.8 Å². The monoisotopic (exact) mass is 398 g/mol. The van der Waals surface area contributed by atoms with Gasteiger partial charge in [-0.3, -0.25) is 14.1 Å². The summed E-state index contributed by atoms with van der Waals surface area (Å²) in [6, 6.07) is 4.86. The molecule has 8 nitrogen and oxygen atoms in total. The summed E-state index contributed by atoms with van der Waals surface area (Å²) in [5.74, 6) is 0.139. The van der Waals surface area contributed by atoms with Gasteiger partial charge in [0.15, 0.2) is 0 Å². The van der Waals surface area contributed by atoms with Crippen molar-refractivity contribution in [2.75, 3.05) is 21.3 Å². The molecule has 142 valence electrons. The zero-order chi connectivity index (χ0) is 19.1. The van der Waals surface area contributed by atoms with Crippen molar-refractivity contribution in [1.29, 1.82) is 0 Å². The first-order valence-corrected chi connectivity index (χ1v) is 11.4. The van der Waals surface area contributed by atoms with Crippen LogP contribution in [0, 0.1) is 20.8 Å². The molecule has 1 aromatic carbocycles. The fourth-order valence-electron chi connectivity index (χ4n) is 3.20. The Morgan fingerprint density at radius 3 is 2.50 bits per heavy atom. The smallest absolute Gasteiger partial charge is 0.265 e. The number of benzene rings is 1. The first kappa shape index (κ1) is 18.7. The zero-order valence-corrected chi connectivity index (χ0v) is 16.5. The molecular formula is C16H22N4O4S2. The van der Waals surface area contributed by atoms with Crippen molar-refractivity contribution >= 4 is 31.4 Å². The largest absolute Gasteiger partial charge is 0.281 e. The number of nitrogens with zero attached hydrogens (tertiary/aromatic N) is 2. The quantitative estimate of drug-likeness (QED) is 0.819. The summed E-state index contributed by atoms with van der Waals surface area (Å²) in [6.45, 7) is 5.48. The highest BCUT2D eigenvalue weighted by Gasteiger charge is 2.27. The summed E-state index contributed by atoms with van der Waals surface area (Å²) in [7, 11) is -7.10. The van der Waals surface area contributed by atoms with E-state index in [-0.39, 0.29) is 10.6 Å². The predicted octanol–water partition coefficient (Wildman–Crippen LogP) is 2.07. The van der Waals surface area contributed by atoms with Gasteiger partial charge in [-0.2, -0.15) is 5.10 Å². The third kappa shape index (κ3) is 3.43. The molecule has 0 unspecified atom stereocenters. The molecule has 2 aromatic rings. The molecule has 1 saturated heterocycles. The maximum absolute atomic E-state index is 12.6. The standard InChI is InChI=1S/C16H22N4O4S2/c1-11-10-14(19-26(23,24)16-12(2)17-18-13(16)3)6-7-15(11)20-8-4-5-9-25(20,21)22/h6-7,10,19H,4-5,8-9H2,1-3H3,(H,17,18). The Morgan fingerprint density at radius 1 is 1.19 bits per heavy atom. The highest BCUT2D eigenvalue weighted by molar-refractivity contribution is 7.93. The second-order valence-corrected chi connectivity index (χ2v) is 10.1. The molecule has 1 fully saturated rings. The molecule has 0 spiro atoms. The summed E-state index contributed by atoms with van der Waals surface area (Å²) in [5, 5.41) is 6.57. The first-order valence-electron chi connectivity index (χ1n) is 8.27. The fraction of sp³-hybridized carbons (Fsp3) is 0.438. The van der Waals surface area contributed by atoms with Gasteiger partial charge < -0.3 is 0 Å². The summed E-state index contributed by atoms with van der Waals surface area (Å²) < 4.78 is 53.8. The lowest BCUT2D eigenvalue weighted by atomic mass is 10.1. The summed E-state index contributed by atoms with van der Waals surface area (Å²) >= 11 is 0. The van der Waals surface area contributed by atoms with E-state index in [1.165, 1.54) is 4.31 Å². The lowest BCUT2D eigenvalue weighted by molar-refractivity contribution is 0.574. The molecule has 10 heteroatoms. The summed E-state index contributed by atoms with van der Waals surface area (Å²) in [5.41, 5.74) is 2.51. The molecule has 3 rings (SSSR count). The highest BCUT2D eigenvalue weighted by atomic mass is 32.2. The third-order valence-electron chi connectivity index (χ3n) is 4.40. The third-order valence-corrected chi connectivity index (χ3v) is 7.90. The molecule has 0 radical (unpaired) electrons. The topological polar surface area (TPSA) is 112 Å². The van der Waals surface area contributed by atoms with E-state index in [0.29, 0.717) is 41.3 Å². The van der Waals surface area contributed by atoms with Crippen molar-refractivity contribution in [2.24, 2.45) is 0 Å². The average molecular weight is 399 g/mol. The van der Waals surface area contributed by atoms with Crippen molar-refractivity contribution in [2.45, 2.75) is 38.5 Å². The molecule has 2 heterocycles. The van der Waals surface area contributed by atoms with Gasteiger partial charge in [0, 0.05) is 12.2 Å². The van der Waals surface area contributed by atoms with Gasteiger partial charge in [0.25, 0.3) is 10.0 Å². The molecule has 0 bridgehead atoms. The van der Waals surface area contributed by atoms with E-state index in [1.807, 2.05) is 0 Å². The second kappa shape index (κ2) is 6.58. The molecule has 2 N–H and O–H groups in total. The number of anilines is 2. The molecule has 1 aliphatic rings. The summed E-state index contributed by atoms with van der Waals surface area (Å²) in [4.78, 5) is 0.123. The molecule has 0 saturated carbocycles. The lowest BCUT2D eigenvalue weighted by Gasteiger charge is -2.29. The minimum Gasteiger partial charge on any atom is -0.281 e.